The molecule has 19 heavy (non-hydrogen) atoms. The summed E-state index contributed by atoms with van der Waals surface area (Å²) in [7, 11) is 1.70. The minimum atomic E-state index is -0.856. The number of rotatable bonds is 8. The summed E-state index contributed by atoms with van der Waals surface area (Å²) < 4.78 is 0. The van der Waals surface area contributed by atoms with Crippen LogP contribution in [0.4, 0.5) is 4.79 Å². The second kappa shape index (κ2) is 9.32. The first kappa shape index (κ1) is 17.4. The second-order valence-electron chi connectivity index (χ2n) is 4.89. The van der Waals surface area contributed by atoms with Crippen LogP contribution in [0.15, 0.2) is 0 Å². The number of amides is 3. The maximum atomic E-state index is 11.5. The van der Waals surface area contributed by atoms with Crippen LogP contribution < -0.4 is 10.6 Å². The van der Waals surface area contributed by atoms with Crippen LogP contribution in [0.25, 0.3) is 0 Å². The van der Waals surface area contributed by atoms with Crippen molar-refractivity contribution in [2.75, 3.05) is 26.7 Å². The Kier molecular flexibility index (Phi) is 8.52. The molecule has 0 heterocycles. The normalized spacial score (nSPS) is 10.6. The van der Waals surface area contributed by atoms with Crippen molar-refractivity contribution in [1.29, 1.82) is 0 Å². The summed E-state index contributed by atoms with van der Waals surface area (Å²) in [5.74, 6) is -0.940. The number of carbonyl (C=O) groups is 3. The smallest absolute Gasteiger partial charge is 0.321 e. The highest BCUT2D eigenvalue weighted by Gasteiger charge is 2.10. The molecule has 0 radical (unpaired) electrons. The molecule has 0 aromatic rings. The third-order valence-corrected chi connectivity index (χ3v) is 2.27. The van der Waals surface area contributed by atoms with Crippen molar-refractivity contribution in [3.8, 4) is 0 Å². The van der Waals surface area contributed by atoms with E-state index in [2.05, 4.69) is 10.6 Å². The number of nitrogens with one attached hydrogen (secondary N) is 2. The molecular weight excluding hydrogens is 250 g/mol. The maximum Gasteiger partial charge on any atom is 0.321 e. The van der Waals surface area contributed by atoms with Crippen molar-refractivity contribution in [2.45, 2.75) is 26.7 Å². The van der Waals surface area contributed by atoms with Gasteiger partial charge in [0.1, 0.15) is 0 Å². The van der Waals surface area contributed by atoms with E-state index >= 15 is 0 Å². The maximum absolute atomic E-state index is 11.5. The number of imide groups is 1. The van der Waals surface area contributed by atoms with E-state index in [0.717, 1.165) is 0 Å². The molecular formula is C12H23N3O4. The van der Waals surface area contributed by atoms with Gasteiger partial charge in [0.2, 0.25) is 5.91 Å². The Labute approximate surface area is 113 Å². The van der Waals surface area contributed by atoms with Crippen LogP contribution >= 0.6 is 0 Å². The number of nitrogens with zero attached hydrogens (tertiary/aromatic N) is 1. The highest BCUT2D eigenvalue weighted by atomic mass is 16.4. The van der Waals surface area contributed by atoms with Gasteiger partial charge in [0.25, 0.3) is 0 Å². The fourth-order valence-corrected chi connectivity index (χ4v) is 1.33. The second-order valence-corrected chi connectivity index (χ2v) is 4.89. The Morgan fingerprint density at radius 3 is 2.42 bits per heavy atom. The van der Waals surface area contributed by atoms with Gasteiger partial charge in [-0.15, -0.1) is 0 Å². The van der Waals surface area contributed by atoms with Gasteiger partial charge in [0.05, 0.1) is 6.54 Å². The lowest BCUT2D eigenvalue weighted by atomic mass is 10.2. The van der Waals surface area contributed by atoms with Crippen LogP contribution in [0.3, 0.4) is 0 Å². The molecule has 0 aliphatic heterocycles. The summed E-state index contributed by atoms with van der Waals surface area (Å²) >= 11 is 0. The SMILES string of the molecule is CC(C)CNC(=O)NC(=O)CN(C)CCCC(=O)O. The Morgan fingerprint density at radius 1 is 1.26 bits per heavy atom. The van der Waals surface area contributed by atoms with Crippen LogP contribution in [0.5, 0.6) is 0 Å². The van der Waals surface area contributed by atoms with Gasteiger partial charge in [-0.1, -0.05) is 13.8 Å². The summed E-state index contributed by atoms with van der Waals surface area (Å²) in [5, 5.41) is 13.3. The highest BCUT2D eigenvalue weighted by Crippen LogP contribution is 1.92. The first-order valence-corrected chi connectivity index (χ1v) is 6.29. The third kappa shape index (κ3) is 11.2. The summed E-state index contributed by atoms with van der Waals surface area (Å²) in [5.41, 5.74) is 0. The average molecular weight is 273 g/mol. The van der Waals surface area contributed by atoms with E-state index in [1.54, 1.807) is 11.9 Å². The molecule has 110 valence electrons. The zero-order valence-electron chi connectivity index (χ0n) is 11.7. The van der Waals surface area contributed by atoms with Gasteiger partial charge in [-0.3, -0.25) is 19.8 Å². The molecule has 0 unspecified atom stereocenters. The topological polar surface area (TPSA) is 98.7 Å². The molecule has 0 fully saturated rings. The van der Waals surface area contributed by atoms with Gasteiger partial charge < -0.3 is 10.4 Å². The monoisotopic (exact) mass is 273 g/mol. The number of urea groups is 1. The molecule has 7 nitrogen and oxygen atoms in total. The fourth-order valence-electron chi connectivity index (χ4n) is 1.33. The number of hydrogen-bond donors (Lipinski definition) is 3. The van der Waals surface area contributed by atoms with Crippen molar-refractivity contribution >= 4 is 17.9 Å². The van der Waals surface area contributed by atoms with Crippen LogP contribution in [0, 0.1) is 5.92 Å². The number of carbonyl (C=O) groups excluding carboxylic acids is 2. The number of aliphatic carboxylic acids is 1. The summed E-state index contributed by atoms with van der Waals surface area (Å²) in [4.78, 5) is 34.8. The molecule has 0 saturated carbocycles. The average Bonchev–Trinajstić information content (AvgIpc) is 2.25. The van der Waals surface area contributed by atoms with Gasteiger partial charge in [0.15, 0.2) is 0 Å². The van der Waals surface area contributed by atoms with Crippen LogP contribution in [0.1, 0.15) is 26.7 Å². The zero-order chi connectivity index (χ0) is 14.8. The molecule has 3 N–H and O–H groups in total. The van der Waals surface area contributed by atoms with Crippen molar-refractivity contribution in [2.24, 2.45) is 5.92 Å². The van der Waals surface area contributed by atoms with E-state index in [1.165, 1.54) is 0 Å². The number of hydrogen-bond acceptors (Lipinski definition) is 4. The quantitative estimate of drug-likeness (QED) is 0.589. The molecule has 0 spiro atoms. The number of carboxylic acid groups (broad SMARTS) is 1. The van der Waals surface area contributed by atoms with Crippen molar-refractivity contribution in [1.82, 2.24) is 15.5 Å². The number of likely N-dealkylation sites (N-methyl/N-ethyl adjacent to an activating group) is 1. The van der Waals surface area contributed by atoms with Crippen LogP contribution in [0.2, 0.25) is 0 Å². The van der Waals surface area contributed by atoms with Gasteiger partial charge in [0, 0.05) is 13.0 Å². The Morgan fingerprint density at radius 2 is 1.89 bits per heavy atom. The summed E-state index contributed by atoms with van der Waals surface area (Å²) in [6.07, 6.45) is 0.541. The van der Waals surface area contributed by atoms with Crippen LogP contribution in [-0.4, -0.2) is 54.6 Å². The summed E-state index contributed by atoms with van der Waals surface area (Å²) in [6.45, 7) is 4.98. The Hall–Kier alpha value is -1.63. The lowest BCUT2D eigenvalue weighted by molar-refractivity contribution is -0.137. The van der Waals surface area contributed by atoms with E-state index in [0.29, 0.717) is 25.4 Å². The molecule has 0 atom stereocenters. The van der Waals surface area contributed by atoms with Crippen molar-refractivity contribution in [3.63, 3.8) is 0 Å². The predicted octanol–water partition coefficient (Wildman–Crippen LogP) is 0.265. The van der Waals surface area contributed by atoms with E-state index in [-0.39, 0.29) is 13.0 Å². The fraction of sp³-hybridized carbons (Fsp3) is 0.750. The largest absolute Gasteiger partial charge is 0.481 e. The van der Waals surface area contributed by atoms with Crippen molar-refractivity contribution in [3.05, 3.63) is 0 Å². The lowest BCUT2D eigenvalue weighted by Gasteiger charge is -2.15. The molecule has 3 amide bonds. The molecule has 0 aliphatic rings. The van der Waals surface area contributed by atoms with E-state index < -0.39 is 17.9 Å². The molecule has 0 bridgehead atoms. The summed E-state index contributed by atoms with van der Waals surface area (Å²) in [6, 6.07) is -0.502. The molecule has 7 heteroatoms. The predicted molar refractivity (Wildman–Crippen MR) is 70.7 cm³/mol. The Bertz CT molecular complexity index is 318. The van der Waals surface area contributed by atoms with E-state index in [1.807, 2.05) is 13.8 Å². The van der Waals surface area contributed by atoms with Gasteiger partial charge in [-0.25, -0.2) is 4.79 Å². The highest BCUT2D eigenvalue weighted by molar-refractivity contribution is 5.95. The van der Waals surface area contributed by atoms with E-state index in [9.17, 15) is 14.4 Å². The zero-order valence-corrected chi connectivity index (χ0v) is 11.7. The molecule has 0 rings (SSSR count). The van der Waals surface area contributed by atoms with Gasteiger partial charge in [-0.2, -0.15) is 0 Å². The third-order valence-electron chi connectivity index (χ3n) is 2.27. The standard InChI is InChI=1S/C12H23N3O4/c1-9(2)7-13-12(19)14-10(16)8-15(3)6-4-5-11(17)18/h9H,4-8H2,1-3H3,(H,17,18)(H2,13,14,16,19). The van der Waals surface area contributed by atoms with Crippen molar-refractivity contribution < 1.29 is 19.5 Å². The number of carboxylic acids is 1. The van der Waals surface area contributed by atoms with Gasteiger partial charge >= 0.3 is 12.0 Å². The molecule has 0 aliphatic carbocycles. The Balaban J connectivity index is 3.77. The van der Waals surface area contributed by atoms with Crippen LogP contribution in [-0.2, 0) is 9.59 Å². The van der Waals surface area contributed by atoms with E-state index in [4.69, 9.17) is 5.11 Å². The molecule has 0 aromatic carbocycles. The first-order chi connectivity index (χ1) is 8.81. The molecule has 0 saturated heterocycles. The minimum absolute atomic E-state index is 0.0642. The van der Waals surface area contributed by atoms with Gasteiger partial charge in [-0.05, 0) is 25.9 Å². The lowest BCUT2D eigenvalue weighted by Crippen LogP contribution is -2.44. The molecule has 0 aromatic heterocycles. The first-order valence-electron chi connectivity index (χ1n) is 6.29. The minimum Gasteiger partial charge on any atom is -0.481 e.